The van der Waals surface area contributed by atoms with Crippen molar-refractivity contribution in [2.75, 3.05) is 15.5 Å². The van der Waals surface area contributed by atoms with Gasteiger partial charge < -0.3 is 10.2 Å². The maximum absolute atomic E-state index is 13.3. The zero-order chi connectivity index (χ0) is 27.7. The summed E-state index contributed by atoms with van der Waals surface area (Å²) in [6, 6.07) is 12.0. The van der Waals surface area contributed by atoms with Gasteiger partial charge in [0.25, 0.3) is 5.91 Å². The number of aromatic nitrogens is 1. The molecule has 1 aromatic heterocycles. The molecule has 198 valence electrons. The molecule has 0 atom stereocenters. The number of carbonyl (C=O) groups excluding carboxylic acids is 3. The van der Waals surface area contributed by atoms with E-state index in [1.54, 1.807) is 19.9 Å². The molecule has 0 spiro atoms. The minimum Gasteiger partial charge on any atom is -0.308 e. The molecule has 13 heteroatoms. The van der Waals surface area contributed by atoms with Crippen molar-refractivity contribution < 1.29 is 31.9 Å². The van der Waals surface area contributed by atoms with Gasteiger partial charge in [0, 0.05) is 23.3 Å². The van der Waals surface area contributed by atoms with Gasteiger partial charge in [0.2, 0.25) is 0 Å². The molecular formula is C25H21F4N5O3S. The standard InChI is InChI=1S/C25H21F4N5O3S/c1-24(2)21(35)34(18-7-9-19(10-8-18)38-25(27,28)29)23(37)33(24)14-15-11-12-30-20(13-15)32-22(36)31-17-5-3-16(26)4-6-17/h3-13H,14H2,1-2H3,(H2,30,31,32,36). The Morgan fingerprint density at radius 2 is 1.66 bits per heavy atom. The Kier molecular flexibility index (Phi) is 7.31. The van der Waals surface area contributed by atoms with E-state index in [1.807, 2.05) is 0 Å². The van der Waals surface area contributed by atoms with Crippen molar-refractivity contribution in [3.8, 4) is 0 Å². The molecule has 3 aromatic rings. The average molecular weight is 548 g/mol. The third kappa shape index (κ3) is 6.05. The molecule has 2 aromatic carbocycles. The molecule has 5 amide bonds. The molecule has 1 saturated heterocycles. The number of hydrogen-bond acceptors (Lipinski definition) is 5. The third-order valence-corrected chi connectivity index (χ3v) is 6.40. The van der Waals surface area contributed by atoms with Gasteiger partial charge in [-0.05, 0) is 91.8 Å². The van der Waals surface area contributed by atoms with Crippen LogP contribution in [-0.2, 0) is 11.3 Å². The molecule has 0 unspecified atom stereocenters. The second kappa shape index (κ2) is 10.3. The summed E-state index contributed by atoms with van der Waals surface area (Å²) in [6.07, 6.45) is 1.42. The number of benzene rings is 2. The van der Waals surface area contributed by atoms with Crippen LogP contribution < -0.4 is 15.5 Å². The summed E-state index contributed by atoms with van der Waals surface area (Å²) in [5.41, 5.74) is -4.64. The van der Waals surface area contributed by atoms with Crippen molar-refractivity contribution in [1.29, 1.82) is 0 Å². The quantitative estimate of drug-likeness (QED) is 0.217. The molecule has 8 nitrogen and oxygen atoms in total. The lowest BCUT2D eigenvalue weighted by Crippen LogP contribution is -2.43. The molecule has 0 radical (unpaired) electrons. The van der Waals surface area contributed by atoms with Crippen molar-refractivity contribution >= 4 is 46.9 Å². The molecule has 0 bridgehead atoms. The third-order valence-electron chi connectivity index (χ3n) is 5.66. The maximum atomic E-state index is 13.3. The highest BCUT2D eigenvalue weighted by atomic mass is 32.2. The summed E-state index contributed by atoms with van der Waals surface area (Å²) >= 11 is -0.292. The Balaban J connectivity index is 1.47. The van der Waals surface area contributed by atoms with E-state index >= 15 is 0 Å². The smallest absolute Gasteiger partial charge is 0.308 e. The lowest BCUT2D eigenvalue weighted by Gasteiger charge is -2.27. The average Bonchev–Trinajstić information content (AvgIpc) is 3.00. The molecule has 0 aliphatic carbocycles. The Morgan fingerprint density at radius 3 is 2.29 bits per heavy atom. The van der Waals surface area contributed by atoms with Crippen LogP contribution in [0, 0.1) is 5.82 Å². The number of thioether (sulfide) groups is 1. The minimum atomic E-state index is -4.46. The van der Waals surface area contributed by atoms with Crippen molar-refractivity contribution in [1.82, 2.24) is 9.88 Å². The van der Waals surface area contributed by atoms with Gasteiger partial charge >= 0.3 is 17.6 Å². The predicted octanol–water partition coefficient (Wildman–Crippen LogP) is 6.22. The van der Waals surface area contributed by atoms with Crippen molar-refractivity contribution in [2.24, 2.45) is 0 Å². The number of carbonyl (C=O) groups is 3. The van der Waals surface area contributed by atoms with E-state index in [1.165, 1.54) is 65.7 Å². The summed E-state index contributed by atoms with van der Waals surface area (Å²) in [7, 11) is 0. The van der Waals surface area contributed by atoms with E-state index in [-0.39, 0.29) is 34.7 Å². The highest BCUT2D eigenvalue weighted by molar-refractivity contribution is 8.00. The van der Waals surface area contributed by atoms with E-state index in [0.717, 1.165) is 4.90 Å². The molecule has 0 saturated carbocycles. The zero-order valence-electron chi connectivity index (χ0n) is 20.0. The number of anilines is 3. The summed E-state index contributed by atoms with van der Waals surface area (Å²) in [5, 5.41) is 5.09. The first-order valence-electron chi connectivity index (χ1n) is 11.1. The fourth-order valence-corrected chi connectivity index (χ4v) is 4.30. The van der Waals surface area contributed by atoms with Crippen molar-refractivity contribution in [2.45, 2.75) is 36.3 Å². The Labute approximate surface area is 219 Å². The molecule has 2 heterocycles. The zero-order valence-corrected chi connectivity index (χ0v) is 20.9. The molecule has 1 fully saturated rings. The first kappa shape index (κ1) is 26.9. The van der Waals surface area contributed by atoms with Crippen LogP contribution in [-0.4, -0.2) is 38.9 Å². The Bertz CT molecular complexity index is 1360. The van der Waals surface area contributed by atoms with E-state index in [9.17, 15) is 31.9 Å². The lowest BCUT2D eigenvalue weighted by molar-refractivity contribution is -0.123. The predicted molar refractivity (Wildman–Crippen MR) is 134 cm³/mol. The fourth-order valence-electron chi connectivity index (χ4n) is 3.76. The van der Waals surface area contributed by atoms with E-state index in [0.29, 0.717) is 11.3 Å². The van der Waals surface area contributed by atoms with Crippen LogP contribution in [0.1, 0.15) is 19.4 Å². The summed E-state index contributed by atoms with van der Waals surface area (Å²) < 4.78 is 50.9. The Morgan fingerprint density at radius 1 is 1.00 bits per heavy atom. The minimum absolute atomic E-state index is 0.00708. The van der Waals surface area contributed by atoms with E-state index in [4.69, 9.17) is 0 Å². The number of alkyl halides is 3. The number of nitrogens with one attached hydrogen (secondary N) is 2. The van der Waals surface area contributed by atoms with Crippen LogP contribution in [0.4, 0.5) is 44.3 Å². The number of pyridine rings is 1. The van der Waals surface area contributed by atoms with Gasteiger partial charge in [-0.2, -0.15) is 13.2 Å². The van der Waals surface area contributed by atoms with Crippen LogP contribution in [0.2, 0.25) is 0 Å². The number of rotatable bonds is 6. The number of imide groups is 1. The number of nitrogens with zero attached hydrogens (tertiary/aromatic N) is 3. The van der Waals surface area contributed by atoms with Crippen LogP contribution in [0.3, 0.4) is 0 Å². The van der Waals surface area contributed by atoms with Gasteiger partial charge in [-0.1, -0.05) is 0 Å². The fraction of sp³-hybridized carbons (Fsp3) is 0.200. The van der Waals surface area contributed by atoms with Gasteiger partial charge in [-0.3, -0.25) is 10.1 Å². The van der Waals surface area contributed by atoms with Crippen molar-refractivity contribution in [3.05, 3.63) is 78.2 Å². The first-order valence-corrected chi connectivity index (χ1v) is 12.0. The maximum Gasteiger partial charge on any atom is 0.446 e. The van der Waals surface area contributed by atoms with E-state index < -0.39 is 34.8 Å². The van der Waals surface area contributed by atoms with Gasteiger partial charge in [0.05, 0.1) is 5.69 Å². The largest absolute Gasteiger partial charge is 0.446 e. The van der Waals surface area contributed by atoms with Crippen LogP contribution >= 0.6 is 11.8 Å². The van der Waals surface area contributed by atoms with Gasteiger partial charge in [0.15, 0.2) is 0 Å². The monoisotopic (exact) mass is 547 g/mol. The summed E-state index contributed by atoms with van der Waals surface area (Å²) in [5.74, 6) is -0.809. The molecule has 1 aliphatic rings. The van der Waals surface area contributed by atoms with Crippen molar-refractivity contribution in [3.63, 3.8) is 0 Å². The second-order valence-corrected chi connectivity index (χ2v) is 9.88. The Hall–Kier alpha value is -4.13. The molecule has 2 N–H and O–H groups in total. The molecule has 38 heavy (non-hydrogen) atoms. The van der Waals surface area contributed by atoms with E-state index in [2.05, 4.69) is 15.6 Å². The molecule has 4 rings (SSSR count). The topological polar surface area (TPSA) is 94.6 Å². The van der Waals surface area contributed by atoms with Gasteiger partial charge in [-0.15, -0.1) is 0 Å². The summed E-state index contributed by atoms with van der Waals surface area (Å²) in [4.78, 5) is 44.9. The van der Waals surface area contributed by atoms with Crippen LogP contribution in [0.5, 0.6) is 0 Å². The SMILES string of the molecule is CC1(C)C(=O)N(c2ccc(SC(F)(F)F)cc2)C(=O)N1Cc1ccnc(NC(=O)Nc2ccc(F)cc2)c1. The lowest BCUT2D eigenvalue weighted by atomic mass is 10.0. The van der Waals surface area contributed by atoms with Gasteiger partial charge in [0.1, 0.15) is 17.2 Å². The highest BCUT2D eigenvalue weighted by Crippen LogP contribution is 2.39. The highest BCUT2D eigenvalue weighted by Gasteiger charge is 2.51. The molecular weight excluding hydrogens is 526 g/mol. The second-order valence-electron chi connectivity index (χ2n) is 8.75. The first-order chi connectivity index (χ1) is 17.8. The summed E-state index contributed by atoms with van der Waals surface area (Å²) in [6.45, 7) is 3.13. The number of urea groups is 2. The van der Waals surface area contributed by atoms with Crippen LogP contribution in [0.25, 0.3) is 0 Å². The molecule has 1 aliphatic heterocycles. The number of hydrogen-bond donors (Lipinski definition) is 2. The van der Waals surface area contributed by atoms with Gasteiger partial charge in [-0.25, -0.2) is 23.9 Å². The van der Waals surface area contributed by atoms with Crippen LogP contribution in [0.15, 0.2) is 71.8 Å². The number of halogens is 4. The number of amides is 5. The normalized spacial score (nSPS) is 15.1.